The van der Waals surface area contributed by atoms with E-state index in [1.807, 2.05) is 18.7 Å². The van der Waals surface area contributed by atoms with Gasteiger partial charge in [-0.3, -0.25) is 14.5 Å². The van der Waals surface area contributed by atoms with Crippen LogP contribution >= 0.6 is 11.6 Å². The lowest BCUT2D eigenvalue weighted by molar-refractivity contribution is -0.137. The van der Waals surface area contributed by atoms with Gasteiger partial charge in [0.1, 0.15) is 0 Å². The number of carbonyl (C=O) groups is 2. The van der Waals surface area contributed by atoms with Crippen LogP contribution in [0.2, 0.25) is 5.02 Å². The quantitative estimate of drug-likeness (QED) is 0.703. The molecule has 2 rings (SSSR count). The van der Waals surface area contributed by atoms with E-state index in [9.17, 15) is 22.8 Å². The first kappa shape index (κ1) is 23.2. The molecule has 1 aromatic rings. The summed E-state index contributed by atoms with van der Waals surface area (Å²) in [5.41, 5.74) is -0.686. The summed E-state index contributed by atoms with van der Waals surface area (Å²) in [5.74, 6) is 0.0621. The summed E-state index contributed by atoms with van der Waals surface area (Å²) in [6, 6.07) is 3.51. The third-order valence-corrected chi connectivity index (χ3v) is 4.80. The van der Waals surface area contributed by atoms with Crippen molar-refractivity contribution >= 4 is 29.5 Å². The van der Waals surface area contributed by atoms with Crippen molar-refractivity contribution in [2.45, 2.75) is 20.0 Å². The standard InChI is InChI=1S/C20H25ClF3N3O2/c1-14(2)12-25-18(28)13-26-7-9-27(10-8-26)19(29)6-4-15-3-5-17(21)16(11-15)20(22,23)24/h3-6,11,14H,7-10,12-13H2,1-2H3,(H,25,28)/b6-4+. The fraction of sp³-hybridized carbons (Fsp3) is 0.500. The Morgan fingerprint density at radius 1 is 1.21 bits per heavy atom. The lowest BCUT2D eigenvalue weighted by Crippen LogP contribution is -2.51. The lowest BCUT2D eigenvalue weighted by Gasteiger charge is -2.33. The van der Waals surface area contributed by atoms with Gasteiger partial charge in [0.15, 0.2) is 0 Å². The average Bonchev–Trinajstić information content (AvgIpc) is 2.65. The predicted octanol–water partition coefficient (Wildman–Crippen LogP) is 3.29. The number of hydrogen-bond acceptors (Lipinski definition) is 3. The Hall–Kier alpha value is -2.06. The molecule has 0 spiro atoms. The molecule has 1 aliphatic heterocycles. The summed E-state index contributed by atoms with van der Waals surface area (Å²) >= 11 is 5.60. The molecule has 1 aromatic carbocycles. The number of benzene rings is 1. The molecule has 0 unspecified atom stereocenters. The second-order valence-electron chi connectivity index (χ2n) is 7.37. The minimum Gasteiger partial charge on any atom is -0.355 e. The minimum atomic E-state index is -4.55. The van der Waals surface area contributed by atoms with Crippen molar-refractivity contribution in [1.82, 2.24) is 15.1 Å². The van der Waals surface area contributed by atoms with Crippen LogP contribution in [0.5, 0.6) is 0 Å². The maximum absolute atomic E-state index is 12.9. The summed E-state index contributed by atoms with van der Waals surface area (Å²) in [4.78, 5) is 27.8. The Bertz CT molecular complexity index is 758. The van der Waals surface area contributed by atoms with Gasteiger partial charge in [0.2, 0.25) is 11.8 Å². The Balaban J connectivity index is 1.86. The maximum atomic E-state index is 12.9. The molecule has 0 aromatic heterocycles. The molecule has 1 aliphatic rings. The second kappa shape index (κ2) is 10.1. The summed E-state index contributed by atoms with van der Waals surface area (Å²) in [6.07, 6.45) is -1.95. The van der Waals surface area contributed by atoms with E-state index in [-0.39, 0.29) is 28.9 Å². The Morgan fingerprint density at radius 2 is 1.86 bits per heavy atom. The van der Waals surface area contributed by atoms with E-state index in [2.05, 4.69) is 5.32 Å². The highest BCUT2D eigenvalue weighted by atomic mass is 35.5. The Labute approximate surface area is 173 Å². The van der Waals surface area contributed by atoms with Crippen molar-refractivity contribution < 1.29 is 22.8 Å². The molecular formula is C20H25ClF3N3O2. The zero-order valence-electron chi connectivity index (χ0n) is 16.4. The normalized spacial score (nSPS) is 15.9. The Kier molecular flexibility index (Phi) is 8.10. The van der Waals surface area contributed by atoms with Crippen molar-refractivity contribution in [2.75, 3.05) is 39.3 Å². The molecule has 1 N–H and O–H groups in total. The number of carbonyl (C=O) groups excluding carboxylic acids is 2. The van der Waals surface area contributed by atoms with E-state index in [0.29, 0.717) is 38.6 Å². The van der Waals surface area contributed by atoms with Gasteiger partial charge in [-0.05, 0) is 29.7 Å². The van der Waals surface area contributed by atoms with E-state index < -0.39 is 11.7 Å². The van der Waals surface area contributed by atoms with Gasteiger partial charge in [0.25, 0.3) is 0 Å². The van der Waals surface area contributed by atoms with Crippen LogP contribution in [0.15, 0.2) is 24.3 Å². The average molecular weight is 432 g/mol. The first-order valence-corrected chi connectivity index (χ1v) is 9.77. The molecule has 0 saturated carbocycles. The molecule has 0 aliphatic carbocycles. The number of halogens is 4. The van der Waals surface area contributed by atoms with Crippen molar-refractivity contribution in [3.63, 3.8) is 0 Å². The molecular weight excluding hydrogens is 407 g/mol. The van der Waals surface area contributed by atoms with Crippen LogP contribution in [0.3, 0.4) is 0 Å². The summed E-state index contributed by atoms with van der Waals surface area (Å²) in [6.45, 7) is 6.99. The first-order chi connectivity index (χ1) is 13.6. The summed E-state index contributed by atoms with van der Waals surface area (Å²) < 4.78 is 38.7. The highest BCUT2D eigenvalue weighted by Crippen LogP contribution is 2.35. The van der Waals surface area contributed by atoms with Gasteiger partial charge in [-0.2, -0.15) is 13.2 Å². The Morgan fingerprint density at radius 3 is 2.45 bits per heavy atom. The molecule has 9 heteroatoms. The third kappa shape index (κ3) is 7.36. The van der Waals surface area contributed by atoms with Crippen LogP contribution in [0.4, 0.5) is 13.2 Å². The lowest BCUT2D eigenvalue weighted by atomic mass is 10.1. The summed E-state index contributed by atoms with van der Waals surface area (Å²) in [7, 11) is 0. The number of nitrogens with zero attached hydrogens (tertiary/aromatic N) is 2. The monoisotopic (exact) mass is 431 g/mol. The second-order valence-corrected chi connectivity index (χ2v) is 7.78. The van der Waals surface area contributed by atoms with Gasteiger partial charge in [0, 0.05) is 38.8 Å². The van der Waals surface area contributed by atoms with Crippen molar-refractivity contribution in [2.24, 2.45) is 5.92 Å². The van der Waals surface area contributed by atoms with E-state index in [1.165, 1.54) is 18.2 Å². The van der Waals surface area contributed by atoms with Gasteiger partial charge in [-0.25, -0.2) is 0 Å². The molecule has 1 saturated heterocycles. The molecule has 2 amide bonds. The number of nitrogens with one attached hydrogen (secondary N) is 1. The molecule has 160 valence electrons. The van der Waals surface area contributed by atoms with Gasteiger partial charge < -0.3 is 10.2 Å². The predicted molar refractivity (Wildman–Crippen MR) is 106 cm³/mol. The van der Waals surface area contributed by atoms with E-state index >= 15 is 0 Å². The molecule has 29 heavy (non-hydrogen) atoms. The number of rotatable bonds is 6. The number of alkyl halides is 3. The fourth-order valence-corrected chi connectivity index (χ4v) is 3.06. The highest BCUT2D eigenvalue weighted by Gasteiger charge is 2.33. The largest absolute Gasteiger partial charge is 0.417 e. The molecule has 0 atom stereocenters. The number of amides is 2. The van der Waals surface area contributed by atoms with Crippen LogP contribution in [-0.2, 0) is 15.8 Å². The molecule has 0 bridgehead atoms. The number of hydrogen-bond donors (Lipinski definition) is 1. The van der Waals surface area contributed by atoms with E-state index in [0.717, 1.165) is 12.1 Å². The fourth-order valence-electron chi connectivity index (χ4n) is 2.84. The van der Waals surface area contributed by atoms with E-state index in [1.54, 1.807) is 4.90 Å². The minimum absolute atomic E-state index is 0.0402. The van der Waals surface area contributed by atoms with Crippen molar-refractivity contribution in [1.29, 1.82) is 0 Å². The molecule has 0 radical (unpaired) electrons. The molecule has 1 fully saturated rings. The SMILES string of the molecule is CC(C)CNC(=O)CN1CCN(C(=O)/C=C/c2ccc(Cl)c(C(F)(F)F)c2)CC1. The maximum Gasteiger partial charge on any atom is 0.417 e. The summed E-state index contributed by atoms with van der Waals surface area (Å²) in [5, 5.41) is 2.48. The molecule has 1 heterocycles. The van der Waals surface area contributed by atoms with Crippen LogP contribution in [0.1, 0.15) is 25.0 Å². The third-order valence-electron chi connectivity index (χ3n) is 4.47. The van der Waals surface area contributed by atoms with Crippen molar-refractivity contribution in [3.8, 4) is 0 Å². The van der Waals surface area contributed by atoms with Gasteiger partial charge >= 0.3 is 6.18 Å². The molecule has 5 nitrogen and oxygen atoms in total. The topological polar surface area (TPSA) is 52.7 Å². The van der Waals surface area contributed by atoms with Crippen LogP contribution in [0, 0.1) is 5.92 Å². The van der Waals surface area contributed by atoms with Gasteiger partial charge in [-0.15, -0.1) is 0 Å². The van der Waals surface area contributed by atoms with E-state index in [4.69, 9.17) is 11.6 Å². The van der Waals surface area contributed by atoms with Crippen molar-refractivity contribution in [3.05, 3.63) is 40.4 Å². The zero-order chi connectivity index (χ0) is 21.6. The van der Waals surface area contributed by atoms with Crippen LogP contribution < -0.4 is 5.32 Å². The highest BCUT2D eigenvalue weighted by molar-refractivity contribution is 6.31. The van der Waals surface area contributed by atoms with Crippen LogP contribution in [-0.4, -0.2) is 60.9 Å². The first-order valence-electron chi connectivity index (χ1n) is 9.39. The van der Waals surface area contributed by atoms with Crippen LogP contribution in [0.25, 0.3) is 6.08 Å². The smallest absolute Gasteiger partial charge is 0.355 e. The van der Waals surface area contributed by atoms with Gasteiger partial charge in [0.05, 0.1) is 17.1 Å². The van der Waals surface area contributed by atoms with Gasteiger partial charge in [-0.1, -0.05) is 31.5 Å². The zero-order valence-corrected chi connectivity index (χ0v) is 17.2. The number of piperazine rings is 1.